The van der Waals surface area contributed by atoms with Gasteiger partial charge < -0.3 is 9.47 Å². The summed E-state index contributed by atoms with van der Waals surface area (Å²) in [7, 11) is 0. The second-order valence-electron chi connectivity index (χ2n) is 11.6. The molecular formula is C34H62O6S. The highest BCUT2D eigenvalue weighted by Gasteiger charge is 2.26. The van der Waals surface area contributed by atoms with E-state index in [1.807, 2.05) is 0 Å². The summed E-state index contributed by atoms with van der Waals surface area (Å²) >= 11 is 1.04. The van der Waals surface area contributed by atoms with E-state index in [4.69, 9.17) is 9.47 Å². The molecule has 2 atom stereocenters. The van der Waals surface area contributed by atoms with Crippen LogP contribution in [0.5, 0.6) is 0 Å². The Hall–Kier alpha value is -1.37. The fourth-order valence-electron chi connectivity index (χ4n) is 4.78. The molecule has 6 nitrogen and oxygen atoms in total. The third-order valence-electron chi connectivity index (χ3n) is 7.47. The lowest BCUT2D eigenvalue weighted by molar-refractivity contribution is -0.160. The number of carbonyl (C=O) groups is 4. The van der Waals surface area contributed by atoms with Gasteiger partial charge in [-0.3, -0.25) is 19.2 Å². The molecule has 0 bridgehead atoms. The van der Waals surface area contributed by atoms with Crippen molar-refractivity contribution < 1.29 is 28.7 Å². The smallest absolute Gasteiger partial charge is 0.326 e. The van der Waals surface area contributed by atoms with Crippen LogP contribution in [0.25, 0.3) is 0 Å². The van der Waals surface area contributed by atoms with Crippen molar-refractivity contribution in [2.24, 2.45) is 0 Å². The molecule has 0 fully saturated rings. The predicted molar refractivity (Wildman–Crippen MR) is 171 cm³/mol. The van der Waals surface area contributed by atoms with E-state index in [1.165, 1.54) is 103 Å². The third kappa shape index (κ3) is 26.0. The van der Waals surface area contributed by atoms with E-state index in [2.05, 4.69) is 13.8 Å². The van der Waals surface area contributed by atoms with Crippen molar-refractivity contribution in [3.63, 3.8) is 0 Å². The van der Waals surface area contributed by atoms with Crippen molar-refractivity contribution in [1.29, 1.82) is 0 Å². The predicted octanol–water partition coefficient (Wildman–Crippen LogP) is 10.0. The summed E-state index contributed by atoms with van der Waals surface area (Å²) in [6.07, 6.45) is 26.7. The molecule has 0 aromatic heterocycles. The first-order valence-corrected chi connectivity index (χ1v) is 17.9. The molecule has 0 aliphatic heterocycles. The lowest BCUT2D eigenvalue weighted by atomic mass is 10.1. The average Bonchev–Trinajstić information content (AvgIpc) is 2.94. The van der Waals surface area contributed by atoms with E-state index in [1.54, 1.807) is 13.8 Å². The average molecular weight is 599 g/mol. The summed E-state index contributed by atoms with van der Waals surface area (Å²) in [5, 5.41) is -1.42. The van der Waals surface area contributed by atoms with E-state index in [0.29, 0.717) is 12.8 Å². The van der Waals surface area contributed by atoms with E-state index >= 15 is 0 Å². The molecule has 7 heteroatoms. The van der Waals surface area contributed by atoms with Crippen molar-refractivity contribution in [3.8, 4) is 0 Å². The Balaban J connectivity index is 3.83. The van der Waals surface area contributed by atoms with Gasteiger partial charge in [0.2, 0.25) is 0 Å². The maximum absolute atomic E-state index is 12.3. The zero-order chi connectivity index (χ0) is 30.6. The van der Waals surface area contributed by atoms with Gasteiger partial charge in [0.05, 0.1) is 0 Å². The summed E-state index contributed by atoms with van der Waals surface area (Å²) in [4.78, 5) is 48.6. The molecule has 2 unspecified atom stereocenters. The van der Waals surface area contributed by atoms with E-state index < -0.39 is 34.4 Å². The van der Waals surface area contributed by atoms with Crippen molar-refractivity contribution in [2.45, 2.75) is 192 Å². The Kier molecular flexibility index (Phi) is 27.8. The van der Waals surface area contributed by atoms with Gasteiger partial charge in [0.1, 0.15) is 10.5 Å². The molecule has 0 aromatic carbocycles. The van der Waals surface area contributed by atoms with Crippen LogP contribution in [0, 0.1) is 0 Å². The number of rotatable bonds is 28. The molecule has 0 saturated carbocycles. The number of carbonyl (C=O) groups excluding carboxylic acids is 4. The fourth-order valence-corrected chi connectivity index (χ4v) is 5.71. The molecule has 240 valence electrons. The summed E-state index contributed by atoms with van der Waals surface area (Å²) in [5.41, 5.74) is 0. The first-order valence-electron chi connectivity index (χ1n) is 17.0. The Morgan fingerprint density at radius 3 is 0.951 bits per heavy atom. The second-order valence-corrected chi connectivity index (χ2v) is 13.3. The maximum Gasteiger partial charge on any atom is 0.326 e. The van der Waals surface area contributed by atoms with Gasteiger partial charge in [-0.25, -0.2) is 0 Å². The topological polar surface area (TPSA) is 86.7 Å². The molecule has 0 heterocycles. The highest BCUT2D eigenvalue weighted by Crippen LogP contribution is 2.21. The van der Waals surface area contributed by atoms with E-state index in [9.17, 15) is 19.2 Å². The van der Waals surface area contributed by atoms with E-state index in [-0.39, 0.29) is 12.8 Å². The van der Waals surface area contributed by atoms with Crippen molar-refractivity contribution in [2.75, 3.05) is 0 Å². The van der Waals surface area contributed by atoms with Crippen LogP contribution < -0.4 is 0 Å². The lowest BCUT2D eigenvalue weighted by Crippen LogP contribution is -2.27. The van der Waals surface area contributed by atoms with Gasteiger partial charge >= 0.3 is 23.9 Å². The minimum absolute atomic E-state index is 0.227. The van der Waals surface area contributed by atoms with Crippen LogP contribution in [-0.4, -0.2) is 34.4 Å². The van der Waals surface area contributed by atoms with Crippen molar-refractivity contribution in [3.05, 3.63) is 0 Å². The SMILES string of the molecule is CCCCCCCCCCCCCC(=O)OC(=O)C(C)SC(C)C(=O)OC(=O)CCCCCCCCCCCCC. The molecule has 0 aliphatic rings. The van der Waals surface area contributed by atoms with Crippen LogP contribution >= 0.6 is 11.8 Å². The largest absolute Gasteiger partial charge is 0.392 e. The standard InChI is InChI=1S/C34H62O6S/c1-5-7-9-11-13-15-17-19-21-23-25-27-31(35)39-33(37)29(3)41-30(4)34(38)40-32(36)28-26-24-22-20-18-16-14-12-10-8-6-2/h29-30H,5-28H2,1-4H3. The van der Waals surface area contributed by atoms with Gasteiger partial charge in [0.25, 0.3) is 0 Å². The Morgan fingerprint density at radius 1 is 0.439 bits per heavy atom. The zero-order valence-electron chi connectivity index (χ0n) is 27.0. The molecule has 0 aliphatic carbocycles. The maximum atomic E-state index is 12.3. The van der Waals surface area contributed by atoms with Crippen LogP contribution in [-0.2, 0) is 28.7 Å². The van der Waals surface area contributed by atoms with Crippen molar-refractivity contribution in [1.82, 2.24) is 0 Å². The van der Waals surface area contributed by atoms with Crippen LogP contribution in [0.2, 0.25) is 0 Å². The summed E-state index contributed by atoms with van der Waals surface area (Å²) in [6, 6.07) is 0. The Bertz CT molecular complexity index is 624. The molecular weight excluding hydrogens is 536 g/mol. The minimum Gasteiger partial charge on any atom is -0.392 e. The first-order chi connectivity index (χ1) is 19.8. The molecule has 0 spiro atoms. The Morgan fingerprint density at radius 2 is 0.683 bits per heavy atom. The van der Waals surface area contributed by atoms with Crippen LogP contribution in [0.15, 0.2) is 0 Å². The highest BCUT2D eigenvalue weighted by atomic mass is 32.2. The monoisotopic (exact) mass is 598 g/mol. The third-order valence-corrected chi connectivity index (χ3v) is 8.67. The number of unbranched alkanes of at least 4 members (excludes halogenated alkanes) is 20. The summed E-state index contributed by atoms with van der Waals surface area (Å²) in [5.74, 6) is -2.35. The number of hydrogen-bond acceptors (Lipinski definition) is 7. The molecule has 0 rings (SSSR count). The number of thioether (sulfide) groups is 1. The molecule has 41 heavy (non-hydrogen) atoms. The second kappa shape index (κ2) is 28.7. The van der Waals surface area contributed by atoms with Crippen LogP contribution in [0.1, 0.15) is 182 Å². The van der Waals surface area contributed by atoms with Gasteiger partial charge in [-0.1, -0.05) is 142 Å². The van der Waals surface area contributed by atoms with Crippen LogP contribution in [0.4, 0.5) is 0 Å². The van der Waals surface area contributed by atoms with Gasteiger partial charge in [0.15, 0.2) is 0 Å². The van der Waals surface area contributed by atoms with Gasteiger partial charge in [-0.15, -0.1) is 11.8 Å². The lowest BCUT2D eigenvalue weighted by Gasteiger charge is -2.14. The Labute approximate surface area is 256 Å². The zero-order valence-corrected chi connectivity index (χ0v) is 27.8. The number of hydrogen-bond donors (Lipinski definition) is 0. The van der Waals surface area contributed by atoms with Crippen LogP contribution in [0.3, 0.4) is 0 Å². The summed E-state index contributed by atoms with van der Waals surface area (Å²) < 4.78 is 9.94. The van der Waals surface area contributed by atoms with E-state index in [0.717, 1.165) is 37.4 Å². The molecule has 0 N–H and O–H groups in total. The van der Waals surface area contributed by atoms with Gasteiger partial charge in [-0.05, 0) is 26.7 Å². The normalized spacial score (nSPS) is 12.6. The number of esters is 4. The molecule has 0 amide bonds. The van der Waals surface area contributed by atoms with Crippen molar-refractivity contribution >= 4 is 35.6 Å². The fraction of sp³-hybridized carbons (Fsp3) is 0.882. The molecule has 0 radical (unpaired) electrons. The molecule has 0 aromatic rings. The quantitative estimate of drug-likeness (QED) is 0.0503. The van der Waals surface area contributed by atoms with Gasteiger partial charge in [0, 0.05) is 12.8 Å². The first kappa shape index (κ1) is 39.6. The minimum atomic E-state index is -0.708. The highest BCUT2D eigenvalue weighted by molar-refractivity contribution is 8.01. The molecule has 0 saturated heterocycles. The van der Waals surface area contributed by atoms with Gasteiger partial charge in [-0.2, -0.15) is 0 Å². The summed E-state index contributed by atoms with van der Waals surface area (Å²) in [6.45, 7) is 7.66. The number of ether oxygens (including phenoxy) is 2.